The Kier molecular flexibility index (Phi) is 6.55. The van der Waals surface area contributed by atoms with Crippen LogP contribution >= 0.6 is 15.9 Å². The van der Waals surface area contributed by atoms with Gasteiger partial charge in [0.05, 0.1) is 23.9 Å². The van der Waals surface area contributed by atoms with Gasteiger partial charge >= 0.3 is 12.1 Å². The standard InChI is InChI=1S/C18H20BrF4NO3/c1-10-7-14(20)13(19)8-11(10)9-15(25)24-17(16(26)27-2)5-3-12(4-6-17)18(21,22)23/h7-8,12H,3-6,9H2,1-2H3,(H,24,25). The number of halogens is 5. The number of carbonyl (C=O) groups is 2. The lowest BCUT2D eigenvalue weighted by molar-refractivity contribution is -0.188. The van der Waals surface area contributed by atoms with E-state index < -0.39 is 35.3 Å². The summed E-state index contributed by atoms with van der Waals surface area (Å²) in [7, 11) is 1.13. The van der Waals surface area contributed by atoms with Crippen LogP contribution in [0.1, 0.15) is 36.8 Å². The van der Waals surface area contributed by atoms with Crippen molar-refractivity contribution in [3.8, 4) is 0 Å². The van der Waals surface area contributed by atoms with Crippen LogP contribution in [0.3, 0.4) is 0 Å². The zero-order valence-corrected chi connectivity index (χ0v) is 16.5. The normalized spacial score (nSPS) is 23.0. The SMILES string of the molecule is COC(=O)C1(NC(=O)Cc2cc(Br)c(F)cc2C)CCC(C(F)(F)F)CC1. The van der Waals surface area contributed by atoms with Crippen molar-refractivity contribution in [1.29, 1.82) is 0 Å². The van der Waals surface area contributed by atoms with E-state index in [1.54, 1.807) is 6.92 Å². The number of aryl methyl sites for hydroxylation is 1. The maximum Gasteiger partial charge on any atom is 0.391 e. The molecule has 0 radical (unpaired) electrons. The van der Waals surface area contributed by atoms with Gasteiger partial charge in [-0.1, -0.05) is 0 Å². The molecule has 0 atom stereocenters. The first-order valence-corrected chi connectivity index (χ1v) is 9.18. The first kappa shape index (κ1) is 21.7. The largest absolute Gasteiger partial charge is 0.467 e. The molecule has 0 bridgehead atoms. The van der Waals surface area contributed by atoms with Crippen LogP contribution in [0.15, 0.2) is 16.6 Å². The van der Waals surface area contributed by atoms with Gasteiger partial charge < -0.3 is 10.1 Å². The summed E-state index contributed by atoms with van der Waals surface area (Å²) in [6, 6.07) is 2.74. The van der Waals surface area contributed by atoms with Crippen molar-refractivity contribution in [2.24, 2.45) is 5.92 Å². The molecule has 4 nitrogen and oxygen atoms in total. The molecule has 1 aliphatic carbocycles. The van der Waals surface area contributed by atoms with E-state index in [1.807, 2.05) is 0 Å². The molecule has 0 saturated heterocycles. The molecule has 27 heavy (non-hydrogen) atoms. The van der Waals surface area contributed by atoms with E-state index in [4.69, 9.17) is 4.74 Å². The zero-order chi connectivity index (χ0) is 20.4. The van der Waals surface area contributed by atoms with Gasteiger partial charge in [0.1, 0.15) is 11.4 Å². The molecule has 0 aliphatic heterocycles. The quantitative estimate of drug-likeness (QED) is 0.548. The van der Waals surface area contributed by atoms with Crippen LogP contribution in [-0.4, -0.2) is 30.7 Å². The van der Waals surface area contributed by atoms with Gasteiger partial charge in [0.25, 0.3) is 0 Å². The summed E-state index contributed by atoms with van der Waals surface area (Å²) in [5.41, 5.74) is -0.373. The number of carbonyl (C=O) groups excluding carboxylic acids is 2. The minimum absolute atomic E-state index is 0.133. The van der Waals surface area contributed by atoms with E-state index in [2.05, 4.69) is 21.2 Å². The smallest absolute Gasteiger partial charge is 0.391 e. The number of nitrogens with one attached hydrogen (secondary N) is 1. The van der Waals surface area contributed by atoms with E-state index in [1.165, 1.54) is 12.1 Å². The van der Waals surface area contributed by atoms with Crippen LogP contribution in [0.25, 0.3) is 0 Å². The highest BCUT2D eigenvalue weighted by atomic mass is 79.9. The molecule has 2 rings (SSSR count). The molecule has 9 heteroatoms. The van der Waals surface area contributed by atoms with Crippen LogP contribution < -0.4 is 5.32 Å². The maximum absolute atomic E-state index is 13.5. The molecule has 1 fully saturated rings. The number of ether oxygens (including phenoxy) is 1. The summed E-state index contributed by atoms with van der Waals surface area (Å²) in [6.07, 6.45) is -5.29. The number of amides is 1. The van der Waals surface area contributed by atoms with Gasteiger partial charge in [0, 0.05) is 0 Å². The predicted molar refractivity (Wildman–Crippen MR) is 93.4 cm³/mol. The number of benzene rings is 1. The number of alkyl halides is 3. The van der Waals surface area contributed by atoms with Crippen molar-refractivity contribution in [2.45, 2.75) is 50.7 Å². The number of methoxy groups -OCH3 is 1. The van der Waals surface area contributed by atoms with Crippen molar-refractivity contribution < 1.29 is 31.9 Å². The number of hydrogen-bond donors (Lipinski definition) is 1. The topological polar surface area (TPSA) is 55.4 Å². The molecule has 1 aromatic carbocycles. The van der Waals surface area contributed by atoms with E-state index in [9.17, 15) is 27.2 Å². The lowest BCUT2D eigenvalue weighted by Crippen LogP contribution is -2.58. The Morgan fingerprint density at radius 3 is 2.41 bits per heavy atom. The van der Waals surface area contributed by atoms with Crippen molar-refractivity contribution in [3.05, 3.63) is 33.5 Å². The predicted octanol–water partition coefficient (Wildman–Crippen LogP) is 4.22. The number of hydrogen-bond acceptors (Lipinski definition) is 3. The van der Waals surface area contributed by atoms with Gasteiger partial charge in [-0.15, -0.1) is 0 Å². The van der Waals surface area contributed by atoms with Gasteiger partial charge in [0.15, 0.2) is 0 Å². The first-order chi connectivity index (χ1) is 12.5. The Hall–Kier alpha value is -1.64. The Labute approximate surface area is 162 Å². The second-order valence-electron chi connectivity index (χ2n) is 6.81. The molecular formula is C18H20BrF4NO3. The van der Waals surface area contributed by atoms with Crippen molar-refractivity contribution in [1.82, 2.24) is 5.32 Å². The maximum atomic E-state index is 13.5. The Bertz CT molecular complexity index is 728. The molecule has 150 valence electrons. The van der Waals surface area contributed by atoms with Gasteiger partial charge in [-0.25, -0.2) is 9.18 Å². The highest BCUT2D eigenvalue weighted by Gasteiger charge is 2.50. The fourth-order valence-electron chi connectivity index (χ4n) is 3.38. The van der Waals surface area contributed by atoms with Gasteiger partial charge in [0.2, 0.25) is 5.91 Å². The summed E-state index contributed by atoms with van der Waals surface area (Å²) in [6.45, 7) is 1.64. The molecule has 0 aromatic heterocycles. The van der Waals surface area contributed by atoms with Gasteiger partial charge in [-0.2, -0.15) is 13.2 Å². The Morgan fingerprint density at radius 2 is 1.89 bits per heavy atom. The summed E-state index contributed by atoms with van der Waals surface area (Å²) in [5.74, 6) is -3.25. The minimum atomic E-state index is -4.33. The van der Waals surface area contributed by atoms with E-state index in [-0.39, 0.29) is 36.6 Å². The van der Waals surface area contributed by atoms with Crippen molar-refractivity contribution in [2.75, 3.05) is 7.11 Å². The van der Waals surface area contributed by atoms with Crippen LogP contribution in [0, 0.1) is 18.7 Å². The fourth-order valence-corrected chi connectivity index (χ4v) is 3.77. The molecule has 0 spiro atoms. The average molecular weight is 454 g/mol. The number of rotatable bonds is 4. The molecular weight excluding hydrogens is 434 g/mol. The molecule has 1 aromatic rings. The Morgan fingerprint density at radius 1 is 1.30 bits per heavy atom. The monoisotopic (exact) mass is 453 g/mol. The summed E-state index contributed by atoms with van der Waals surface area (Å²) in [4.78, 5) is 24.7. The molecule has 1 amide bonds. The third-order valence-electron chi connectivity index (χ3n) is 4.99. The first-order valence-electron chi connectivity index (χ1n) is 8.39. The summed E-state index contributed by atoms with van der Waals surface area (Å²) >= 11 is 3.05. The van der Waals surface area contributed by atoms with Crippen molar-refractivity contribution >= 4 is 27.8 Å². The van der Waals surface area contributed by atoms with Crippen LogP contribution in [0.4, 0.5) is 17.6 Å². The molecule has 0 heterocycles. The third-order valence-corrected chi connectivity index (χ3v) is 5.59. The summed E-state index contributed by atoms with van der Waals surface area (Å²) in [5, 5.41) is 2.57. The average Bonchev–Trinajstić information content (AvgIpc) is 2.58. The molecule has 1 saturated carbocycles. The lowest BCUT2D eigenvalue weighted by Gasteiger charge is -2.38. The third kappa shape index (κ3) is 5.00. The minimum Gasteiger partial charge on any atom is -0.467 e. The van der Waals surface area contributed by atoms with E-state index >= 15 is 0 Å². The second kappa shape index (κ2) is 8.16. The highest BCUT2D eigenvalue weighted by Crippen LogP contribution is 2.41. The molecule has 0 unspecified atom stereocenters. The molecule has 1 N–H and O–H groups in total. The van der Waals surface area contributed by atoms with Crippen LogP contribution in [0.2, 0.25) is 0 Å². The summed E-state index contributed by atoms with van der Waals surface area (Å²) < 4.78 is 57.2. The highest BCUT2D eigenvalue weighted by molar-refractivity contribution is 9.10. The van der Waals surface area contributed by atoms with Crippen LogP contribution in [-0.2, 0) is 20.7 Å². The van der Waals surface area contributed by atoms with Crippen LogP contribution in [0.5, 0.6) is 0 Å². The van der Waals surface area contributed by atoms with E-state index in [0.717, 1.165) is 7.11 Å². The Balaban J connectivity index is 2.14. The van der Waals surface area contributed by atoms with Gasteiger partial charge in [-0.3, -0.25) is 4.79 Å². The second-order valence-corrected chi connectivity index (χ2v) is 7.66. The van der Waals surface area contributed by atoms with Crippen molar-refractivity contribution in [3.63, 3.8) is 0 Å². The molecule has 1 aliphatic rings. The number of esters is 1. The lowest BCUT2D eigenvalue weighted by atomic mass is 9.76. The van der Waals surface area contributed by atoms with Gasteiger partial charge in [-0.05, 0) is 71.8 Å². The fraction of sp³-hybridized carbons (Fsp3) is 0.556. The zero-order valence-electron chi connectivity index (χ0n) is 14.9. The van der Waals surface area contributed by atoms with E-state index in [0.29, 0.717) is 11.1 Å².